The Hall–Kier alpha value is -1.47. The van der Waals surface area contributed by atoms with Gasteiger partial charge in [-0.1, -0.05) is 30.9 Å². The molecule has 0 aromatic heterocycles. The second-order valence-electron chi connectivity index (χ2n) is 6.56. The summed E-state index contributed by atoms with van der Waals surface area (Å²) in [6.07, 6.45) is 0.304. The second-order valence-corrected chi connectivity index (χ2v) is 7.34. The molecule has 2 N–H and O–H groups in total. The molecule has 1 unspecified atom stereocenters. The minimum atomic E-state index is -4.65. The van der Waals surface area contributed by atoms with Gasteiger partial charge in [0.15, 0.2) is 0 Å². The Morgan fingerprint density at radius 3 is 2.41 bits per heavy atom. The minimum Gasteiger partial charge on any atom is -0.353 e. The summed E-state index contributed by atoms with van der Waals surface area (Å²) in [7, 11) is 0. The van der Waals surface area contributed by atoms with Crippen molar-refractivity contribution >= 4 is 40.7 Å². The van der Waals surface area contributed by atoms with Gasteiger partial charge in [-0.25, -0.2) is 0 Å². The highest BCUT2D eigenvalue weighted by Gasteiger charge is 2.34. The van der Waals surface area contributed by atoms with Crippen LogP contribution in [0, 0.1) is 5.92 Å². The number of carbonyl (C=O) groups excluding carboxylic acids is 2. The zero-order chi connectivity index (χ0) is 20.0. The van der Waals surface area contributed by atoms with E-state index in [9.17, 15) is 22.8 Å². The lowest BCUT2D eigenvalue weighted by Gasteiger charge is -2.25. The van der Waals surface area contributed by atoms with Gasteiger partial charge in [0.2, 0.25) is 11.8 Å². The normalized spacial score (nSPS) is 16.6. The number of halogens is 5. The Bertz CT molecular complexity index is 677. The number of rotatable bonds is 6. The third-order valence-corrected chi connectivity index (χ3v) is 5.07. The Kier molecular flexibility index (Phi) is 7.79. The molecule has 1 aromatic rings. The van der Waals surface area contributed by atoms with Crippen LogP contribution in [0.15, 0.2) is 18.2 Å². The molecule has 150 valence electrons. The molecule has 1 fully saturated rings. The zero-order valence-electron chi connectivity index (χ0n) is 14.5. The van der Waals surface area contributed by atoms with Crippen molar-refractivity contribution in [1.29, 1.82) is 0 Å². The number of alkyl halides is 4. The molecule has 0 bridgehead atoms. The van der Waals surface area contributed by atoms with Gasteiger partial charge >= 0.3 is 6.18 Å². The Balaban J connectivity index is 2.09. The van der Waals surface area contributed by atoms with Gasteiger partial charge in [-0.3, -0.25) is 9.59 Å². The molecule has 2 rings (SSSR count). The molecular weight excluding hydrogens is 404 g/mol. The van der Waals surface area contributed by atoms with E-state index in [-0.39, 0.29) is 24.0 Å². The lowest BCUT2D eigenvalue weighted by Crippen LogP contribution is -2.44. The van der Waals surface area contributed by atoms with Crippen molar-refractivity contribution in [2.75, 3.05) is 11.2 Å². The maximum Gasteiger partial charge on any atom is 0.417 e. The van der Waals surface area contributed by atoms with E-state index >= 15 is 0 Å². The van der Waals surface area contributed by atoms with Crippen molar-refractivity contribution in [2.24, 2.45) is 5.92 Å². The summed E-state index contributed by atoms with van der Waals surface area (Å²) < 4.78 is 38.9. The molecule has 0 saturated heterocycles. The van der Waals surface area contributed by atoms with Gasteiger partial charge in [0.25, 0.3) is 0 Å². The van der Waals surface area contributed by atoms with Crippen LogP contribution in [-0.2, 0) is 15.8 Å². The summed E-state index contributed by atoms with van der Waals surface area (Å²) in [6.45, 7) is 0. The van der Waals surface area contributed by atoms with Gasteiger partial charge < -0.3 is 10.6 Å². The van der Waals surface area contributed by atoms with Crippen LogP contribution in [0.3, 0.4) is 0 Å². The summed E-state index contributed by atoms with van der Waals surface area (Å²) in [5.41, 5.74) is -1.13. The lowest BCUT2D eigenvalue weighted by atomic mass is 9.94. The van der Waals surface area contributed by atoms with Gasteiger partial charge in [0.1, 0.15) is 5.92 Å². The van der Waals surface area contributed by atoms with Crippen molar-refractivity contribution in [2.45, 2.75) is 50.7 Å². The Morgan fingerprint density at radius 2 is 1.81 bits per heavy atom. The molecule has 1 aliphatic carbocycles. The Labute approximate surface area is 165 Å². The molecule has 0 aliphatic heterocycles. The molecule has 0 radical (unpaired) electrons. The van der Waals surface area contributed by atoms with Gasteiger partial charge in [-0.05, 0) is 37.5 Å². The summed E-state index contributed by atoms with van der Waals surface area (Å²) in [5, 5.41) is 4.76. The van der Waals surface area contributed by atoms with Crippen LogP contribution in [0.1, 0.15) is 44.1 Å². The van der Waals surface area contributed by atoms with E-state index in [4.69, 9.17) is 23.2 Å². The maximum atomic E-state index is 13.0. The van der Waals surface area contributed by atoms with Crippen LogP contribution in [-0.4, -0.2) is 23.7 Å². The van der Waals surface area contributed by atoms with Crippen molar-refractivity contribution in [3.63, 3.8) is 0 Å². The van der Waals surface area contributed by atoms with Gasteiger partial charge in [-0.2, -0.15) is 13.2 Å². The predicted octanol–water partition coefficient (Wildman–Crippen LogP) is 4.99. The van der Waals surface area contributed by atoms with Gasteiger partial charge in [-0.15, -0.1) is 11.6 Å². The molecule has 1 atom stereocenters. The van der Waals surface area contributed by atoms with Crippen LogP contribution >= 0.6 is 23.2 Å². The van der Waals surface area contributed by atoms with Crippen LogP contribution in [0.25, 0.3) is 0 Å². The molecule has 0 heterocycles. The number of carbonyl (C=O) groups is 2. The monoisotopic (exact) mass is 424 g/mol. The minimum absolute atomic E-state index is 0.0178. The molecule has 4 nitrogen and oxygen atoms in total. The van der Waals surface area contributed by atoms with Crippen molar-refractivity contribution < 1.29 is 22.8 Å². The highest BCUT2D eigenvalue weighted by atomic mass is 35.5. The highest BCUT2D eigenvalue weighted by Crippen LogP contribution is 2.36. The quantitative estimate of drug-likeness (QED) is 0.498. The van der Waals surface area contributed by atoms with E-state index in [2.05, 4.69) is 10.6 Å². The number of benzene rings is 1. The number of hydrogen-bond acceptors (Lipinski definition) is 2. The van der Waals surface area contributed by atoms with Gasteiger partial charge in [0.05, 0.1) is 10.6 Å². The van der Waals surface area contributed by atoms with E-state index in [1.165, 1.54) is 6.07 Å². The third kappa shape index (κ3) is 6.28. The molecule has 27 heavy (non-hydrogen) atoms. The fourth-order valence-electron chi connectivity index (χ4n) is 3.09. The number of anilines is 1. The fraction of sp³-hybridized carbons (Fsp3) is 0.556. The summed E-state index contributed by atoms with van der Waals surface area (Å²) in [5.74, 6) is -2.15. The molecular formula is C18H21Cl2F3N2O2. The molecule has 9 heteroatoms. The summed E-state index contributed by atoms with van der Waals surface area (Å²) >= 11 is 11.3. The van der Waals surface area contributed by atoms with Crippen LogP contribution < -0.4 is 10.6 Å². The first-order chi connectivity index (χ1) is 12.7. The lowest BCUT2D eigenvalue weighted by molar-refractivity contribution is -0.138. The number of amides is 2. The van der Waals surface area contributed by atoms with Crippen LogP contribution in [0.4, 0.5) is 18.9 Å². The second kappa shape index (κ2) is 9.64. The molecule has 2 amide bonds. The topological polar surface area (TPSA) is 58.2 Å². The largest absolute Gasteiger partial charge is 0.417 e. The fourth-order valence-corrected chi connectivity index (χ4v) is 3.53. The smallest absolute Gasteiger partial charge is 0.353 e. The van der Waals surface area contributed by atoms with Gasteiger partial charge in [0, 0.05) is 17.6 Å². The van der Waals surface area contributed by atoms with E-state index in [1.54, 1.807) is 0 Å². The first-order valence-corrected chi connectivity index (χ1v) is 9.67. The predicted molar refractivity (Wildman–Crippen MR) is 98.9 cm³/mol. The average molecular weight is 425 g/mol. The van der Waals surface area contributed by atoms with E-state index in [0.717, 1.165) is 44.2 Å². The van der Waals surface area contributed by atoms with Crippen molar-refractivity contribution in [3.05, 3.63) is 28.8 Å². The Morgan fingerprint density at radius 1 is 1.15 bits per heavy atom. The molecule has 1 saturated carbocycles. The summed E-state index contributed by atoms with van der Waals surface area (Å²) in [6, 6.07) is 3.08. The number of hydrogen-bond donors (Lipinski definition) is 2. The third-order valence-electron chi connectivity index (χ3n) is 4.52. The average Bonchev–Trinajstić information content (AvgIpc) is 2.61. The van der Waals surface area contributed by atoms with Crippen LogP contribution in [0.2, 0.25) is 5.02 Å². The first-order valence-electron chi connectivity index (χ1n) is 8.76. The zero-order valence-corrected chi connectivity index (χ0v) is 16.1. The number of nitrogens with one attached hydrogen (secondary N) is 2. The summed E-state index contributed by atoms with van der Waals surface area (Å²) in [4.78, 5) is 25.0. The molecule has 1 aromatic carbocycles. The first kappa shape index (κ1) is 21.8. The van der Waals surface area contributed by atoms with Crippen molar-refractivity contribution in [1.82, 2.24) is 5.32 Å². The van der Waals surface area contributed by atoms with Crippen LogP contribution in [0.5, 0.6) is 0 Å². The molecule has 1 aliphatic rings. The van der Waals surface area contributed by atoms with E-state index in [1.807, 2.05) is 0 Å². The van der Waals surface area contributed by atoms with Crippen molar-refractivity contribution in [3.8, 4) is 0 Å². The van der Waals surface area contributed by atoms with E-state index in [0.29, 0.717) is 0 Å². The maximum absolute atomic E-state index is 13.0. The molecule has 0 spiro atoms. The SMILES string of the molecule is O=C(Nc1ccc(Cl)c(C(F)(F)F)c1)C(CCCl)C(=O)NC1CCCCC1. The van der Waals surface area contributed by atoms with E-state index < -0.39 is 34.5 Å². The standard InChI is InChI=1S/C18H21Cl2F3N2O2/c19-9-8-13(16(26)24-11-4-2-1-3-5-11)17(27)25-12-6-7-15(20)14(10-12)18(21,22)23/h6-7,10-11,13H,1-5,8-9H2,(H,24,26)(H,25,27). The highest BCUT2D eigenvalue weighted by molar-refractivity contribution is 6.31.